The lowest BCUT2D eigenvalue weighted by Gasteiger charge is -2.14. The quantitative estimate of drug-likeness (QED) is 0.279. The molecule has 1 atom stereocenters. The number of carbonyl (C=O) groups is 2. The Labute approximate surface area is 206 Å². The molecule has 1 unspecified atom stereocenters. The number of nitrogens with one attached hydrogen (secondary N) is 1. The molecule has 36 heavy (non-hydrogen) atoms. The monoisotopic (exact) mass is 487 g/mol. The van der Waals surface area contributed by atoms with E-state index in [1.54, 1.807) is 6.20 Å². The number of hydrogen-bond acceptors (Lipinski definition) is 8. The Morgan fingerprint density at radius 3 is 2.44 bits per heavy atom. The summed E-state index contributed by atoms with van der Waals surface area (Å²) < 4.78 is 6.43. The van der Waals surface area contributed by atoms with Gasteiger partial charge in [-0.15, -0.1) is 10.2 Å². The number of benzene rings is 2. The molecule has 2 heterocycles. The van der Waals surface area contributed by atoms with Crippen molar-refractivity contribution >= 4 is 11.9 Å². The largest absolute Gasteiger partial charge is 0.476 e. The lowest BCUT2D eigenvalue weighted by atomic mass is 10.0. The molecule has 184 valence electrons. The Morgan fingerprint density at radius 2 is 1.81 bits per heavy atom. The summed E-state index contributed by atoms with van der Waals surface area (Å²) in [5, 5.41) is 28.6. The predicted octanol–water partition coefficient (Wildman–Crippen LogP) is 2.53. The smallest absolute Gasteiger partial charge is 0.356 e. The van der Waals surface area contributed by atoms with Crippen LogP contribution in [-0.2, 0) is 22.5 Å². The SMILES string of the molecule is CC(C)C(N)C(=O)OCCn1nnc(-c2ccc3c(c2)Cc2cc(-c4c[nH]nn4)ccc2-3)c1C(=O)O. The van der Waals surface area contributed by atoms with Crippen LogP contribution in [0.5, 0.6) is 0 Å². The Morgan fingerprint density at radius 1 is 1.11 bits per heavy atom. The molecule has 1 aliphatic carbocycles. The molecule has 4 N–H and O–H groups in total. The van der Waals surface area contributed by atoms with E-state index >= 15 is 0 Å². The average molecular weight is 488 g/mol. The van der Waals surface area contributed by atoms with Crippen molar-refractivity contribution in [1.82, 2.24) is 30.4 Å². The van der Waals surface area contributed by atoms with Gasteiger partial charge in [0, 0.05) is 17.3 Å². The third-order valence-electron chi connectivity index (χ3n) is 6.34. The second-order valence-electron chi connectivity index (χ2n) is 9.03. The number of nitrogens with two attached hydrogens (primary N) is 1. The fraction of sp³-hybridized carbons (Fsp3) is 0.280. The van der Waals surface area contributed by atoms with E-state index in [1.165, 1.54) is 4.68 Å². The average Bonchev–Trinajstić information content (AvgIpc) is 3.60. The molecule has 5 rings (SSSR count). The fourth-order valence-electron chi connectivity index (χ4n) is 4.34. The number of carbonyl (C=O) groups excluding carboxylic acids is 1. The predicted molar refractivity (Wildman–Crippen MR) is 130 cm³/mol. The summed E-state index contributed by atoms with van der Waals surface area (Å²) in [6.45, 7) is 3.63. The van der Waals surface area contributed by atoms with Gasteiger partial charge in [0.2, 0.25) is 0 Å². The topological polar surface area (TPSA) is 162 Å². The van der Waals surface area contributed by atoms with Crippen LogP contribution in [0.2, 0.25) is 0 Å². The molecule has 2 aromatic heterocycles. The van der Waals surface area contributed by atoms with Crippen LogP contribution in [0.25, 0.3) is 33.6 Å². The van der Waals surface area contributed by atoms with Crippen molar-refractivity contribution in [2.45, 2.75) is 32.9 Å². The summed E-state index contributed by atoms with van der Waals surface area (Å²) in [5.41, 5.74) is 12.8. The standard InChI is InChI=1S/C25H25N7O4/c1-13(2)21(26)25(35)36-8-7-32-23(24(33)34)22(29-31-32)15-4-6-19-17(10-15)11-16-9-14(3-5-18(16)19)20-12-27-30-28-20/h3-6,9-10,12-13,21H,7-8,11,26H2,1-2H3,(H,33,34)(H,27,28,30). The van der Waals surface area contributed by atoms with Crippen molar-refractivity contribution in [3.05, 3.63) is 59.4 Å². The minimum absolute atomic E-state index is 0.0480. The number of carboxylic acids is 1. The highest BCUT2D eigenvalue weighted by molar-refractivity contribution is 5.93. The molecule has 0 saturated carbocycles. The number of aromatic amines is 1. The summed E-state index contributed by atoms with van der Waals surface area (Å²) in [5.74, 6) is -1.77. The summed E-state index contributed by atoms with van der Waals surface area (Å²) >= 11 is 0. The van der Waals surface area contributed by atoms with E-state index < -0.39 is 18.0 Å². The normalized spacial score (nSPS) is 12.9. The Hall–Kier alpha value is -4.38. The van der Waals surface area contributed by atoms with E-state index in [4.69, 9.17) is 10.5 Å². The molecule has 11 nitrogen and oxygen atoms in total. The third kappa shape index (κ3) is 4.24. The molecule has 0 bridgehead atoms. The molecule has 0 saturated heterocycles. The second kappa shape index (κ2) is 9.34. The summed E-state index contributed by atoms with van der Waals surface area (Å²) in [6.07, 6.45) is 2.45. The van der Waals surface area contributed by atoms with Crippen LogP contribution in [0.1, 0.15) is 35.5 Å². The first-order valence-corrected chi connectivity index (χ1v) is 11.6. The van der Waals surface area contributed by atoms with Crippen LogP contribution in [-0.4, -0.2) is 60.1 Å². The first-order valence-electron chi connectivity index (χ1n) is 11.6. The van der Waals surface area contributed by atoms with Crippen molar-refractivity contribution in [2.24, 2.45) is 11.7 Å². The molecule has 0 spiro atoms. The van der Waals surface area contributed by atoms with Gasteiger partial charge in [0.1, 0.15) is 24.0 Å². The summed E-state index contributed by atoms with van der Waals surface area (Å²) in [7, 11) is 0. The zero-order valence-electron chi connectivity index (χ0n) is 19.8. The number of fused-ring (bicyclic) bond motifs is 3. The first kappa shape index (κ1) is 23.4. The van der Waals surface area contributed by atoms with E-state index in [9.17, 15) is 14.7 Å². The van der Waals surface area contributed by atoms with E-state index in [0.29, 0.717) is 12.0 Å². The molecule has 11 heteroatoms. The number of hydrogen-bond donors (Lipinski definition) is 3. The van der Waals surface area contributed by atoms with Crippen LogP contribution in [0.15, 0.2) is 42.6 Å². The lowest BCUT2D eigenvalue weighted by molar-refractivity contribution is -0.146. The molecule has 2 aromatic carbocycles. The van der Waals surface area contributed by atoms with Crippen LogP contribution >= 0.6 is 0 Å². The number of aromatic nitrogens is 6. The fourth-order valence-corrected chi connectivity index (χ4v) is 4.34. The van der Waals surface area contributed by atoms with E-state index in [1.807, 2.05) is 38.1 Å². The van der Waals surface area contributed by atoms with E-state index in [-0.39, 0.29) is 30.5 Å². The van der Waals surface area contributed by atoms with Crippen LogP contribution in [0.4, 0.5) is 0 Å². The summed E-state index contributed by atoms with van der Waals surface area (Å²) in [6, 6.07) is 11.2. The Bertz CT molecular complexity index is 1440. The molecule has 0 amide bonds. The van der Waals surface area contributed by atoms with Gasteiger partial charge in [-0.05, 0) is 46.7 Å². The van der Waals surface area contributed by atoms with Gasteiger partial charge in [-0.1, -0.05) is 48.5 Å². The Kier molecular flexibility index (Phi) is 6.06. The minimum atomic E-state index is -1.17. The highest BCUT2D eigenvalue weighted by atomic mass is 16.5. The van der Waals surface area contributed by atoms with Crippen molar-refractivity contribution in [3.63, 3.8) is 0 Å². The van der Waals surface area contributed by atoms with Crippen molar-refractivity contribution in [1.29, 1.82) is 0 Å². The number of H-pyrrole nitrogens is 1. The van der Waals surface area contributed by atoms with Crippen molar-refractivity contribution in [2.75, 3.05) is 6.61 Å². The number of rotatable bonds is 8. The second-order valence-corrected chi connectivity index (χ2v) is 9.03. The number of esters is 1. The van der Waals surface area contributed by atoms with Gasteiger partial charge in [0.05, 0.1) is 6.54 Å². The van der Waals surface area contributed by atoms with Crippen molar-refractivity contribution in [3.8, 4) is 33.6 Å². The molecule has 0 aliphatic heterocycles. The van der Waals surface area contributed by atoms with Gasteiger partial charge in [-0.2, -0.15) is 0 Å². The van der Waals surface area contributed by atoms with E-state index in [0.717, 1.165) is 33.5 Å². The zero-order chi connectivity index (χ0) is 25.4. The number of aromatic carboxylic acids is 1. The molecule has 4 aromatic rings. The van der Waals surface area contributed by atoms with Crippen LogP contribution in [0, 0.1) is 5.92 Å². The molecular formula is C25H25N7O4. The van der Waals surface area contributed by atoms with E-state index in [2.05, 4.69) is 37.9 Å². The van der Waals surface area contributed by atoms with Gasteiger partial charge in [-0.25, -0.2) is 9.48 Å². The maximum Gasteiger partial charge on any atom is 0.356 e. The highest BCUT2D eigenvalue weighted by Crippen LogP contribution is 2.40. The van der Waals surface area contributed by atoms with Gasteiger partial charge < -0.3 is 15.6 Å². The maximum absolute atomic E-state index is 12.1. The first-order chi connectivity index (χ1) is 17.3. The van der Waals surface area contributed by atoms with Gasteiger partial charge in [0.25, 0.3) is 0 Å². The molecule has 1 aliphatic rings. The zero-order valence-corrected chi connectivity index (χ0v) is 19.8. The minimum Gasteiger partial charge on any atom is -0.476 e. The molecule has 0 fully saturated rings. The number of carboxylic acid groups (broad SMARTS) is 1. The van der Waals surface area contributed by atoms with Gasteiger partial charge in [-0.3, -0.25) is 9.89 Å². The number of nitrogens with zero attached hydrogens (tertiary/aromatic N) is 5. The van der Waals surface area contributed by atoms with Crippen LogP contribution < -0.4 is 5.73 Å². The highest BCUT2D eigenvalue weighted by Gasteiger charge is 2.25. The lowest BCUT2D eigenvalue weighted by Crippen LogP contribution is -2.37. The maximum atomic E-state index is 12.1. The van der Waals surface area contributed by atoms with Crippen LogP contribution in [0.3, 0.4) is 0 Å². The van der Waals surface area contributed by atoms with Crippen molar-refractivity contribution < 1.29 is 19.4 Å². The Balaban J connectivity index is 1.37. The molecule has 0 radical (unpaired) electrons. The van der Waals surface area contributed by atoms with Gasteiger partial charge in [0.15, 0.2) is 5.69 Å². The van der Waals surface area contributed by atoms with Gasteiger partial charge >= 0.3 is 11.9 Å². The third-order valence-corrected chi connectivity index (χ3v) is 6.34. The number of ether oxygens (including phenoxy) is 1. The summed E-state index contributed by atoms with van der Waals surface area (Å²) in [4.78, 5) is 24.1. The molecular weight excluding hydrogens is 462 g/mol.